The van der Waals surface area contributed by atoms with Gasteiger partial charge < -0.3 is 4.74 Å². The highest BCUT2D eigenvalue weighted by atomic mass is 32.2. The van der Waals surface area contributed by atoms with E-state index in [0.29, 0.717) is 15.6 Å². The van der Waals surface area contributed by atoms with E-state index in [1.807, 2.05) is 37.3 Å². The van der Waals surface area contributed by atoms with Crippen molar-refractivity contribution in [3.05, 3.63) is 64.6 Å². The Labute approximate surface area is 118 Å². The molecular formula is C16H14O3S. The molecule has 2 aromatic rings. The second-order valence-corrected chi connectivity index (χ2v) is 6.68. The molecule has 3 nitrogen and oxygen atoms in total. The molecule has 0 N–H and O–H groups in total. The Morgan fingerprint density at radius 1 is 1.00 bits per heavy atom. The average Bonchev–Trinajstić information content (AvgIpc) is 2.70. The first-order valence-electron chi connectivity index (χ1n) is 6.32. The third kappa shape index (κ3) is 2.12. The average molecular weight is 286 g/mol. The fourth-order valence-electron chi connectivity index (χ4n) is 2.22. The Balaban J connectivity index is 1.86. The van der Waals surface area contributed by atoms with Crippen LogP contribution in [0.1, 0.15) is 11.1 Å². The third-order valence-corrected chi connectivity index (χ3v) is 5.21. The molecular weight excluding hydrogens is 272 g/mol. The highest BCUT2D eigenvalue weighted by Gasteiger charge is 2.29. The van der Waals surface area contributed by atoms with E-state index >= 15 is 0 Å². The zero-order valence-electron chi connectivity index (χ0n) is 11.0. The molecule has 0 saturated carbocycles. The normalized spacial score (nSPS) is 15.6. The molecule has 0 aliphatic carbocycles. The number of fused-ring (bicyclic) bond motifs is 1. The van der Waals surface area contributed by atoms with Crippen LogP contribution in [0.15, 0.2) is 58.3 Å². The van der Waals surface area contributed by atoms with Gasteiger partial charge in [-0.1, -0.05) is 36.4 Å². The molecule has 0 spiro atoms. The van der Waals surface area contributed by atoms with Gasteiger partial charge in [-0.15, -0.1) is 0 Å². The van der Waals surface area contributed by atoms with Gasteiger partial charge in [0, 0.05) is 0 Å². The number of hydrogen-bond acceptors (Lipinski definition) is 3. The second-order valence-electron chi connectivity index (χ2n) is 4.71. The Hall–Kier alpha value is -2.07. The smallest absolute Gasteiger partial charge is 0.206 e. The van der Waals surface area contributed by atoms with Crippen LogP contribution in [0.4, 0.5) is 0 Å². The predicted octanol–water partition coefficient (Wildman–Crippen LogP) is 3.20. The molecule has 102 valence electrons. The van der Waals surface area contributed by atoms with Crippen LogP contribution in [0.5, 0.6) is 5.75 Å². The van der Waals surface area contributed by atoms with E-state index in [2.05, 4.69) is 0 Å². The maximum Gasteiger partial charge on any atom is 0.206 e. The van der Waals surface area contributed by atoms with Gasteiger partial charge in [-0.05, 0) is 36.3 Å². The van der Waals surface area contributed by atoms with Gasteiger partial charge in [-0.2, -0.15) is 0 Å². The van der Waals surface area contributed by atoms with Gasteiger partial charge >= 0.3 is 0 Å². The van der Waals surface area contributed by atoms with Crippen LogP contribution in [-0.4, -0.2) is 15.0 Å². The lowest BCUT2D eigenvalue weighted by molar-refractivity contribution is 0.356. The van der Waals surface area contributed by atoms with E-state index in [1.165, 1.54) is 0 Å². The van der Waals surface area contributed by atoms with Crippen LogP contribution in [0.2, 0.25) is 0 Å². The Morgan fingerprint density at radius 3 is 2.45 bits per heavy atom. The standard InChI is InChI=1S/C16H14O3S/c1-12-6-2-4-8-15(12)19-11-14-10-13-7-3-5-9-16(13)20(14,17)18/h2-10H,11H2,1H3. The summed E-state index contributed by atoms with van der Waals surface area (Å²) in [6.45, 7) is 1.99. The maximum absolute atomic E-state index is 12.3. The van der Waals surface area contributed by atoms with Crippen LogP contribution >= 0.6 is 0 Å². The van der Waals surface area contributed by atoms with Crippen molar-refractivity contribution in [3.63, 3.8) is 0 Å². The minimum atomic E-state index is -3.39. The maximum atomic E-state index is 12.3. The predicted molar refractivity (Wildman–Crippen MR) is 78.3 cm³/mol. The van der Waals surface area contributed by atoms with Crippen molar-refractivity contribution in [2.45, 2.75) is 11.8 Å². The summed E-state index contributed by atoms with van der Waals surface area (Å²) in [7, 11) is -3.39. The summed E-state index contributed by atoms with van der Waals surface area (Å²) in [5, 5.41) is 0. The lowest BCUT2D eigenvalue weighted by Crippen LogP contribution is -2.09. The summed E-state index contributed by atoms with van der Waals surface area (Å²) in [4.78, 5) is 0.672. The third-order valence-electron chi connectivity index (χ3n) is 3.33. The van der Waals surface area contributed by atoms with E-state index in [4.69, 9.17) is 4.74 Å². The number of hydrogen-bond donors (Lipinski definition) is 0. The molecule has 0 fully saturated rings. The fourth-order valence-corrected chi connectivity index (χ4v) is 3.70. The molecule has 1 aliphatic rings. The largest absolute Gasteiger partial charge is 0.488 e. The fraction of sp³-hybridized carbons (Fsp3) is 0.125. The zero-order chi connectivity index (χ0) is 14.2. The lowest BCUT2D eigenvalue weighted by atomic mass is 10.2. The SMILES string of the molecule is Cc1ccccc1OCC1=Cc2ccccc2S1(=O)=O. The summed E-state index contributed by atoms with van der Waals surface area (Å²) in [5.74, 6) is 0.708. The molecule has 0 atom stereocenters. The van der Waals surface area contributed by atoms with Crippen molar-refractivity contribution < 1.29 is 13.2 Å². The summed E-state index contributed by atoms with van der Waals surface area (Å²) in [6, 6.07) is 14.5. The Morgan fingerprint density at radius 2 is 1.70 bits per heavy atom. The first kappa shape index (κ1) is 12.9. The van der Waals surface area contributed by atoms with Gasteiger partial charge in [-0.3, -0.25) is 0 Å². The minimum Gasteiger partial charge on any atom is -0.488 e. The van der Waals surface area contributed by atoms with Gasteiger partial charge in [0.05, 0.1) is 9.80 Å². The summed E-state index contributed by atoms with van der Waals surface area (Å²) < 4.78 is 30.3. The molecule has 3 rings (SSSR count). The van der Waals surface area contributed by atoms with Crippen LogP contribution in [-0.2, 0) is 9.84 Å². The van der Waals surface area contributed by atoms with Crippen LogP contribution < -0.4 is 4.74 Å². The van der Waals surface area contributed by atoms with Crippen molar-refractivity contribution in [2.75, 3.05) is 6.61 Å². The van der Waals surface area contributed by atoms with Gasteiger partial charge in [-0.25, -0.2) is 8.42 Å². The molecule has 20 heavy (non-hydrogen) atoms. The highest BCUT2D eigenvalue weighted by molar-refractivity contribution is 7.95. The summed E-state index contributed by atoms with van der Waals surface area (Å²) in [5.41, 5.74) is 1.72. The van der Waals surface area contributed by atoms with Crippen LogP contribution in [0.3, 0.4) is 0 Å². The summed E-state index contributed by atoms with van der Waals surface area (Å²) in [6.07, 6.45) is 1.68. The molecule has 0 unspecified atom stereocenters. The van der Waals surface area contributed by atoms with E-state index < -0.39 is 9.84 Å². The lowest BCUT2D eigenvalue weighted by Gasteiger charge is -2.09. The number of para-hydroxylation sites is 1. The molecule has 0 bridgehead atoms. The first-order chi connectivity index (χ1) is 9.59. The van der Waals surface area contributed by atoms with Crippen LogP contribution in [0.25, 0.3) is 6.08 Å². The van der Waals surface area contributed by atoms with E-state index in [-0.39, 0.29) is 6.61 Å². The van der Waals surface area contributed by atoms with Crippen molar-refractivity contribution >= 4 is 15.9 Å². The number of ether oxygens (including phenoxy) is 1. The van der Waals surface area contributed by atoms with E-state index in [0.717, 1.165) is 11.1 Å². The van der Waals surface area contributed by atoms with Gasteiger partial charge in [0.2, 0.25) is 9.84 Å². The minimum absolute atomic E-state index is 0.0574. The van der Waals surface area contributed by atoms with E-state index in [9.17, 15) is 8.42 Å². The quantitative estimate of drug-likeness (QED) is 0.870. The molecule has 1 aliphatic heterocycles. The first-order valence-corrected chi connectivity index (χ1v) is 7.80. The number of aryl methyl sites for hydroxylation is 1. The van der Waals surface area contributed by atoms with Gasteiger partial charge in [0.1, 0.15) is 12.4 Å². The van der Waals surface area contributed by atoms with Gasteiger partial charge in [0.15, 0.2) is 0 Å². The van der Waals surface area contributed by atoms with Crippen molar-refractivity contribution in [1.29, 1.82) is 0 Å². The molecule has 4 heteroatoms. The molecule has 0 amide bonds. The zero-order valence-corrected chi connectivity index (χ0v) is 11.9. The van der Waals surface area contributed by atoms with E-state index in [1.54, 1.807) is 24.3 Å². The molecule has 1 heterocycles. The molecule has 0 aromatic heterocycles. The van der Waals surface area contributed by atoms with Crippen molar-refractivity contribution in [2.24, 2.45) is 0 Å². The number of sulfone groups is 1. The molecule has 2 aromatic carbocycles. The highest BCUT2D eigenvalue weighted by Crippen LogP contribution is 2.32. The Bertz CT molecular complexity index is 789. The molecule has 0 radical (unpaired) electrons. The molecule has 0 saturated heterocycles. The second kappa shape index (κ2) is 4.80. The Kier molecular flexibility index (Phi) is 3.10. The van der Waals surface area contributed by atoms with Gasteiger partial charge in [0.25, 0.3) is 0 Å². The monoisotopic (exact) mass is 286 g/mol. The number of rotatable bonds is 3. The van der Waals surface area contributed by atoms with Crippen LogP contribution in [0, 0.1) is 6.92 Å². The number of benzene rings is 2. The topological polar surface area (TPSA) is 43.4 Å². The van der Waals surface area contributed by atoms with Crippen molar-refractivity contribution in [3.8, 4) is 5.75 Å². The summed E-state index contributed by atoms with van der Waals surface area (Å²) >= 11 is 0. The van der Waals surface area contributed by atoms with Crippen molar-refractivity contribution in [1.82, 2.24) is 0 Å².